The lowest BCUT2D eigenvalue weighted by Crippen LogP contribution is -3.11. The molecule has 160 valence electrons. The van der Waals surface area contributed by atoms with Crippen molar-refractivity contribution in [2.24, 2.45) is 5.92 Å². The van der Waals surface area contributed by atoms with Gasteiger partial charge in [0.25, 0.3) is 5.89 Å². The number of nitrogens with zero attached hydrogens (tertiary/aromatic N) is 2. The number of anilines is 1. The van der Waals surface area contributed by atoms with Crippen molar-refractivity contribution in [3.8, 4) is 23.0 Å². The first-order valence-corrected chi connectivity index (χ1v) is 10.6. The zero-order chi connectivity index (χ0) is 21.2. The molecule has 0 spiro atoms. The second-order valence-electron chi connectivity index (χ2n) is 8.13. The van der Waals surface area contributed by atoms with Crippen LogP contribution in [-0.4, -0.2) is 36.0 Å². The topological polar surface area (TPSA) is 90.9 Å². The van der Waals surface area contributed by atoms with Crippen LogP contribution in [0.25, 0.3) is 11.5 Å². The van der Waals surface area contributed by atoms with Gasteiger partial charge in [-0.3, -0.25) is 4.79 Å². The van der Waals surface area contributed by atoms with Gasteiger partial charge in [0, 0.05) is 36.1 Å². The van der Waals surface area contributed by atoms with E-state index in [0.29, 0.717) is 29.8 Å². The fraction of sp³-hybridized carbons (Fsp3) is 0.348. The minimum Gasteiger partial charge on any atom is -0.454 e. The molecule has 0 unspecified atom stereocenters. The molecule has 0 atom stereocenters. The largest absolute Gasteiger partial charge is 0.454 e. The number of aryl methyl sites for hydroxylation is 1. The van der Waals surface area contributed by atoms with Gasteiger partial charge >= 0.3 is 0 Å². The van der Waals surface area contributed by atoms with Crippen LogP contribution in [0, 0.1) is 12.8 Å². The maximum Gasteiger partial charge on any atom is 0.271 e. The Morgan fingerprint density at radius 1 is 1.10 bits per heavy atom. The molecule has 2 aliphatic rings. The number of quaternary nitrogens is 1. The summed E-state index contributed by atoms with van der Waals surface area (Å²) in [6.07, 6.45) is 1.65. The van der Waals surface area contributed by atoms with E-state index in [-0.39, 0.29) is 18.6 Å². The van der Waals surface area contributed by atoms with Gasteiger partial charge in [0.2, 0.25) is 18.6 Å². The van der Waals surface area contributed by atoms with Crippen molar-refractivity contribution in [3.05, 3.63) is 53.9 Å². The summed E-state index contributed by atoms with van der Waals surface area (Å²) >= 11 is 0. The molecule has 0 aliphatic carbocycles. The standard InChI is InChI=1S/C23H24N4O4/c1-15-3-2-4-17(11-15)23-26-25-21(31-23)13-27-9-7-16(8-10-27)22(28)24-18-5-6-19-20(12-18)30-14-29-19/h2-6,11-12,16H,7-10,13-14H2,1H3,(H,24,28)/p+1. The van der Waals surface area contributed by atoms with Crippen LogP contribution in [0.4, 0.5) is 5.69 Å². The minimum atomic E-state index is -0.000266. The number of hydrogen-bond acceptors (Lipinski definition) is 6. The van der Waals surface area contributed by atoms with Gasteiger partial charge in [-0.15, -0.1) is 10.2 Å². The first-order valence-electron chi connectivity index (χ1n) is 10.6. The lowest BCUT2D eigenvalue weighted by Gasteiger charge is -2.27. The van der Waals surface area contributed by atoms with Crippen molar-refractivity contribution in [2.75, 3.05) is 25.2 Å². The van der Waals surface area contributed by atoms with Crippen molar-refractivity contribution >= 4 is 11.6 Å². The third kappa shape index (κ3) is 4.39. The molecule has 1 aromatic heterocycles. The Labute approximate surface area is 180 Å². The van der Waals surface area contributed by atoms with Crippen molar-refractivity contribution in [3.63, 3.8) is 0 Å². The molecule has 1 amide bonds. The maximum absolute atomic E-state index is 12.7. The van der Waals surface area contributed by atoms with Crippen LogP contribution in [0.3, 0.4) is 0 Å². The monoisotopic (exact) mass is 421 g/mol. The average molecular weight is 421 g/mol. The Morgan fingerprint density at radius 3 is 2.77 bits per heavy atom. The fourth-order valence-electron chi connectivity index (χ4n) is 4.12. The number of nitrogens with one attached hydrogen (secondary N) is 2. The molecule has 2 N–H and O–H groups in total. The summed E-state index contributed by atoms with van der Waals surface area (Å²) in [5.41, 5.74) is 2.83. The summed E-state index contributed by atoms with van der Waals surface area (Å²) in [5.74, 6) is 2.62. The van der Waals surface area contributed by atoms with Crippen LogP contribution in [0.15, 0.2) is 46.9 Å². The van der Waals surface area contributed by atoms with E-state index in [9.17, 15) is 4.79 Å². The van der Waals surface area contributed by atoms with Crippen molar-refractivity contribution in [1.29, 1.82) is 0 Å². The van der Waals surface area contributed by atoms with Crippen LogP contribution in [0.2, 0.25) is 0 Å². The molecule has 2 aliphatic heterocycles. The molecule has 0 bridgehead atoms. The second-order valence-corrected chi connectivity index (χ2v) is 8.13. The van der Waals surface area contributed by atoms with Gasteiger partial charge < -0.3 is 24.1 Å². The fourth-order valence-corrected chi connectivity index (χ4v) is 4.12. The molecular formula is C23H25N4O4+. The summed E-state index contributed by atoms with van der Waals surface area (Å²) < 4.78 is 16.6. The Bertz CT molecular complexity index is 1090. The number of benzene rings is 2. The zero-order valence-corrected chi connectivity index (χ0v) is 17.4. The van der Waals surface area contributed by atoms with E-state index in [0.717, 1.165) is 42.7 Å². The quantitative estimate of drug-likeness (QED) is 0.657. The molecular weight excluding hydrogens is 396 g/mol. The van der Waals surface area contributed by atoms with Crippen LogP contribution >= 0.6 is 0 Å². The van der Waals surface area contributed by atoms with Crippen molar-refractivity contribution in [2.45, 2.75) is 26.3 Å². The highest BCUT2D eigenvalue weighted by molar-refractivity contribution is 5.92. The molecule has 0 radical (unpaired) electrons. The van der Waals surface area contributed by atoms with Crippen molar-refractivity contribution in [1.82, 2.24) is 10.2 Å². The van der Waals surface area contributed by atoms with Gasteiger partial charge in [-0.05, 0) is 31.2 Å². The van der Waals surface area contributed by atoms with E-state index < -0.39 is 0 Å². The molecule has 5 rings (SSSR count). The molecule has 3 aromatic rings. The molecule has 8 heteroatoms. The van der Waals surface area contributed by atoms with Crippen LogP contribution in [0.1, 0.15) is 24.3 Å². The smallest absolute Gasteiger partial charge is 0.271 e. The van der Waals surface area contributed by atoms with Gasteiger partial charge in [-0.25, -0.2) is 0 Å². The summed E-state index contributed by atoms with van der Waals surface area (Å²) in [6.45, 7) is 4.72. The highest BCUT2D eigenvalue weighted by Gasteiger charge is 2.29. The summed E-state index contributed by atoms with van der Waals surface area (Å²) in [5, 5.41) is 11.4. The highest BCUT2D eigenvalue weighted by Crippen LogP contribution is 2.34. The van der Waals surface area contributed by atoms with Gasteiger partial charge in [0.15, 0.2) is 18.0 Å². The molecule has 2 aromatic carbocycles. The Kier molecular flexibility index (Phi) is 5.30. The normalized spacial score (nSPS) is 19.9. The lowest BCUT2D eigenvalue weighted by atomic mass is 9.96. The molecule has 8 nitrogen and oxygen atoms in total. The second kappa shape index (κ2) is 8.39. The maximum atomic E-state index is 12.7. The van der Waals surface area contributed by atoms with Crippen molar-refractivity contribution < 1.29 is 23.6 Å². The molecule has 0 saturated carbocycles. The van der Waals surface area contributed by atoms with E-state index in [2.05, 4.69) is 15.5 Å². The highest BCUT2D eigenvalue weighted by atomic mass is 16.7. The number of carbonyl (C=O) groups excluding carboxylic acids is 1. The summed E-state index contributed by atoms with van der Waals surface area (Å²) in [4.78, 5) is 14.0. The number of aromatic nitrogens is 2. The number of hydrogen-bond donors (Lipinski definition) is 2. The minimum absolute atomic E-state index is 0.000266. The van der Waals surface area contributed by atoms with E-state index in [1.54, 1.807) is 0 Å². The van der Waals surface area contributed by atoms with Gasteiger partial charge in [0.1, 0.15) is 0 Å². The Hall–Kier alpha value is -3.39. The zero-order valence-electron chi connectivity index (χ0n) is 17.4. The number of likely N-dealkylation sites (tertiary alicyclic amines) is 1. The Morgan fingerprint density at radius 2 is 1.94 bits per heavy atom. The first kappa shape index (κ1) is 19.6. The number of rotatable bonds is 5. The van der Waals surface area contributed by atoms with E-state index in [1.807, 2.05) is 49.4 Å². The molecule has 1 saturated heterocycles. The van der Waals surface area contributed by atoms with E-state index in [4.69, 9.17) is 13.9 Å². The number of carbonyl (C=O) groups is 1. The lowest BCUT2D eigenvalue weighted by molar-refractivity contribution is -0.920. The first-order chi connectivity index (χ1) is 15.1. The number of piperidine rings is 1. The predicted molar refractivity (Wildman–Crippen MR) is 113 cm³/mol. The van der Waals surface area contributed by atoms with E-state index >= 15 is 0 Å². The third-order valence-electron chi connectivity index (χ3n) is 5.84. The average Bonchev–Trinajstić information content (AvgIpc) is 3.43. The van der Waals surface area contributed by atoms with Gasteiger partial charge in [-0.2, -0.15) is 0 Å². The van der Waals surface area contributed by atoms with Crippen LogP contribution in [0.5, 0.6) is 11.5 Å². The van der Waals surface area contributed by atoms with E-state index in [1.165, 1.54) is 4.90 Å². The summed E-state index contributed by atoms with van der Waals surface area (Å²) in [7, 11) is 0. The Balaban J connectivity index is 1.13. The molecule has 1 fully saturated rings. The molecule has 31 heavy (non-hydrogen) atoms. The van der Waals surface area contributed by atoms with Gasteiger partial charge in [0.05, 0.1) is 13.1 Å². The predicted octanol–water partition coefficient (Wildman–Crippen LogP) is 2.21. The SMILES string of the molecule is Cc1cccc(-c2nnc(C[NH+]3CCC(C(=O)Nc4ccc5c(c4)OCO5)CC3)o2)c1. The molecule has 3 heterocycles. The number of fused-ring (bicyclic) bond motifs is 1. The van der Waals surface area contributed by atoms with Gasteiger partial charge in [-0.1, -0.05) is 17.7 Å². The van der Waals surface area contributed by atoms with Crippen LogP contribution < -0.4 is 19.7 Å². The number of amides is 1. The van der Waals surface area contributed by atoms with Crippen LogP contribution in [-0.2, 0) is 11.3 Å². The number of ether oxygens (including phenoxy) is 2. The third-order valence-corrected chi connectivity index (χ3v) is 5.84. The summed E-state index contributed by atoms with van der Waals surface area (Å²) in [6, 6.07) is 13.5.